The van der Waals surface area contributed by atoms with Crippen LogP contribution in [0.15, 0.2) is 42.5 Å². The number of benzene rings is 2. The van der Waals surface area contributed by atoms with Crippen LogP contribution in [0.3, 0.4) is 0 Å². The van der Waals surface area contributed by atoms with Crippen LogP contribution in [0.2, 0.25) is 0 Å². The molecule has 0 aliphatic carbocycles. The van der Waals surface area contributed by atoms with E-state index in [1.807, 2.05) is 13.0 Å². The van der Waals surface area contributed by atoms with Gasteiger partial charge in [-0.3, -0.25) is 0 Å². The van der Waals surface area contributed by atoms with E-state index in [4.69, 9.17) is 15.7 Å². The highest BCUT2D eigenvalue weighted by Gasteiger charge is 2.04. The molecule has 0 radical (unpaired) electrons. The fourth-order valence-corrected chi connectivity index (χ4v) is 1.71. The van der Waals surface area contributed by atoms with Crippen LogP contribution in [0, 0.1) is 18.3 Å². The van der Waals surface area contributed by atoms with Crippen molar-refractivity contribution in [3.05, 3.63) is 53.6 Å². The number of anilines is 1. The van der Waals surface area contributed by atoms with Gasteiger partial charge in [-0.2, -0.15) is 5.26 Å². The van der Waals surface area contributed by atoms with Gasteiger partial charge in [-0.05, 0) is 55.0 Å². The molecule has 0 aliphatic rings. The molecule has 0 atom stereocenters. The Morgan fingerprint density at radius 2 is 1.85 bits per heavy atom. The molecule has 0 bridgehead atoms. The first-order valence-corrected chi connectivity index (χ1v) is 5.93. The zero-order chi connectivity index (χ0) is 14.5. The molecule has 0 spiro atoms. The molecule has 2 aromatic carbocycles. The number of nitriles is 1. The van der Waals surface area contributed by atoms with Crippen LogP contribution in [-0.4, -0.2) is 6.03 Å². The average Bonchev–Trinajstić information content (AvgIpc) is 2.42. The fraction of sp³-hybridized carbons (Fsp3) is 0.0667. The van der Waals surface area contributed by atoms with Gasteiger partial charge in [-0.25, -0.2) is 4.79 Å². The maximum Gasteiger partial charge on any atom is 0.316 e. The maximum absolute atomic E-state index is 10.8. The normalized spacial score (nSPS) is 9.60. The monoisotopic (exact) mass is 267 g/mol. The fourth-order valence-electron chi connectivity index (χ4n) is 1.71. The highest BCUT2D eigenvalue weighted by Crippen LogP contribution is 2.26. The van der Waals surface area contributed by atoms with Crippen molar-refractivity contribution in [2.24, 2.45) is 5.73 Å². The number of hydrogen-bond donors (Lipinski definition) is 2. The summed E-state index contributed by atoms with van der Waals surface area (Å²) in [5, 5.41) is 11.2. The lowest BCUT2D eigenvalue weighted by molar-refractivity contribution is 0.259. The Hall–Kier alpha value is -3.00. The van der Waals surface area contributed by atoms with Gasteiger partial charge in [-0.1, -0.05) is 0 Å². The summed E-state index contributed by atoms with van der Waals surface area (Å²) >= 11 is 0. The van der Waals surface area contributed by atoms with Crippen LogP contribution in [-0.2, 0) is 0 Å². The molecule has 0 heterocycles. The molecule has 0 unspecified atom stereocenters. The predicted molar refractivity (Wildman–Crippen MR) is 75.6 cm³/mol. The predicted octanol–water partition coefficient (Wildman–Crippen LogP) is 3.15. The summed E-state index contributed by atoms with van der Waals surface area (Å²) < 4.78 is 5.67. The minimum absolute atomic E-state index is 0.578. The van der Waals surface area contributed by atoms with Crippen LogP contribution in [0.4, 0.5) is 10.5 Å². The van der Waals surface area contributed by atoms with Gasteiger partial charge in [0.15, 0.2) is 0 Å². The lowest BCUT2D eigenvalue weighted by Gasteiger charge is -2.10. The van der Waals surface area contributed by atoms with E-state index in [1.165, 1.54) is 0 Å². The summed E-state index contributed by atoms with van der Waals surface area (Å²) in [6, 6.07) is 13.5. The van der Waals surface area contributed by atoms with Crippen LogP contribution >= 0.6 is 0 Å². The Balaban J connectivity index is 2.15. The third-order valence-electron chi connectivity index (χ3n) is 2.67. The molecule has 0 saturated heterocycles. The molecule has 2 aromatic rings. The average molecular weight is 267 g/mol. The van der Waals surface area contributed by atoms with Crippen molar-refractivity contribution in [1.29, 1.82) is 5.26 Å². The summed E-state index contributed by atoms with van der Waals surface area (Å²) in [5.41, 5.74) is 7.14. The number of amides is 2. The second-order valence-electron chi connectivity index (χ2n) is 4.20. The number of ether oxygens (including phenoxy) is 1. The van der Waals surface area contributed by atoms with E-state index in [-0.39, 0.29) is 0 Å². The van der Waals surface area contributed by atoms with Crippen molar-refractivity contribution >= 4 is 11.7 Å². The van der Waals surface area contributed by atoms with Crippen LogP contribution in [0.25, 0.3) is 0 Å². The highest BCUT2D eigenvalue weighted by atomic mass is 16.5. The third kappa shape index (κ3) is 3.27. The van der Waals surface area contributed by atoms with Gasteiger partial charge in [-0.15, -0.1) is 0 Å². The van der Waals surface area contributed by atoms with E-state index in [0.29, 0.717) is 22.7 Å². The zero-order valence-corrected chi connectivity index (χ0v) is 10.9. The quantitative estimate of drug-likeness (QED) is 0.895. The molecule has 5 heteroatoms. The van der Waals surface area contributed by atoms with E-state index in [9.17, 15) is 4.79 Å². The zero-order valence-electron chi connectivity index (χ0n) is 10.9. The van der Waals surface area contributed by atoms with Gasteiger partial charge in [0, 0.05) is 5.69 Å². The van der Waals surface area contributed by atoms with E-state index in [2.05, 4.69) is 5.32 Å². The first-order valence-electron chi connectivity index (χ1n) is 5.93. The first kappa shape index (κ1) is 13.4. The Kier molecular flexibility index (Phi) is 3.87. The topological polar surface area (TPSA) is 88.1 Å². The Morgan fingerprint density at radius 1 is 1.20 bits per heavy atom. The number of rotatable bonds is 3. The van der Waals surface area contributed by atoms with Crippen LogP contribution < -0.4 is 15.8 Å². The molecule has 0 aliphatic heterocycles. The smallest absolute Gasteiger partial charge is 0.316 e. The van der Waals surface area contributed by atoms with Gasteiger partial charge >= 0.3 is 6.03 Å². The van der Waals surface area contributed by atoms with Crippen molar-refractivity contribution in [3.8, 4) is 17.6 Å². The molecule has 100 valence electrons. The Bertz CT molecular complexity index is 673. The van der Waals surface area contributed by atoms with Gasteiger partial charge in [0.2, 0.25) is 0 Å². The number of aryl methyl sites for hydroxylation is 1. The summed E-state index contributed by atoms with van der Waals surface area (Å²) in [7, 11) is 0. The van der Waals surface area contributed by atoms with Gasteiger partial charge in [0.25, 0.3) is 0 Å². The van der Waals surface area contributed by atoms with E-state index in [1.54, 1.807) is 42.5 Å². The molecule has 2 rings (SSSR count). The van der Waals surface area contributed by atoms with Crippen molar-refractivity contribution in [3.63, 3.8) is 0 Å². The van der Waals surface area contributed by atoms with Crippen molar-refractivity contribution < 1.29 is 9.53 Å². The number of nitrogens with zero attached hydrogens (tertiary/aromatic N) is 1. The lowest BCUT2D eigenvalue weighted by atomic mass is 10.2. The third-order valence-corrected chi connectivity index (χ3v) is 2.67. The Morgan fingerprint density at radius 3 is 2.40 bits per heavy atom. The summed E-state index contributed by atoms with van der Waals surface area (Å²) in [6.45, 7) is 1.84. The van der Waals surface area contributed by atoms with Crippen LogP contribution in [0.1, 0.15) is 11.1 Å². The minimum atomic E-state index is -0.603. The number of carbonyl (C=O) groups is 1. The summed E-state index contributed by atoms with van der Waals surface area (Å²) in [4.78, 5) is 10.8. The number of nitrogens with two attached hydrogens (primary N) is 1. The molecule has 0 aromatic heterocycles. The minimum Gasteiger partial charge on any atom is -0.457 e. The first-order chi connectivity index (χ1) is 9.58. The Labute approximate surface area is 116 Å². The summed E-state index contributed by atoms with van der Waals surface area (Å²) in [5.74, 6) is 1.28. The van der Waals surface area contributed by atoms with Crippen molar-refractivity contribution in [2.45, 2.75) is 6.92 Å². The molecule has 0 fully saturated rings. The second kappa shape index (κ2) is 5.76. The van der Waals surface area contributed by atoms with E-state index < -0.39 is 6.03 Å². The van der Waals surface area contributed by atoms with Crippen LogP contribution in [0.5, 0.6) is 11.5 Å². The van der Waals surface area contributed by atoms with E-state index >= 15 is 0 Å². The lowest BCUT2D eigenvalue weighted by Crippen LogP contribution is -2.19. The second-order valence-corrected chi connectivity index (χ2v) is 4.20. The maximum atomic E-state index is 10.8. The SMILES string of the molecule is Cc1cc(Oc2ccc(C#N)cc2)ccc1NC(N)=O. The highest BCUT2D eigenvalue weighted by molar-refractivity contribution is 5.88. The largest absolute Gasteiger partial charge is 0.457 e. The number of hydrogen-bond acceptors (Lipinski definition) is 3. The molecular weight excluding hydrogens is 254 g/mol. The standard InChI is InChI=1S/C15H13N3O2/c1-10-8-13(6-7-14(10)18-15(17)19)20-12-4-2-11(9-16)3-5-12/h2-8H,1H3,(H3,17,18,19). The number of nitrogens with one attached hydrogen (secondary N) is 1. The van der Waals surface area contributed by atoms with Gasteiger partial charge < -0.3 is 15.8 Å². The molecule has 0 saturated carbocycles. The molecular formula is C15H13N3O2. The number of carbonyl (C=O) groups excluding carboxylic acids is 1. The van der Waals surface area contributed by atoms with Crippen molar-refractivity contribution in [1.82, 2.24) is 0 Å². The van der Waals surface area contributed by atoms with Gasteiger partial charge in [0.1, 0.15) is 11.5 Å². The van der Waals surface area contributed by atoms with E-state index in [0.717, 1.165) is 5.56 Å². The molecule has 3 N–H and O–H groups in total. The number of urea groups is 1. The molecule has 5 nitrogen and oxygen atoms in total. The molecule has 20 heavy (non-hydrogen) atoms. The number of primary amides is 1. The molecule has 2 amide bonds. The summed E-state index contributed by atoms with van der Waals surface area (Å²) in [6.07, 6.45) is 0. The van der Waals surface area contributed by atoms with Gasteiger partial charge in [0.05, 0.1) is 11.6 Å². The van der Waals surface area contributed by atoms with Crippen molar-refractivity contribution in [2.75, 3.05) is 5.32 Å².